The number of amides is 4. The van der Waals surface area contributed by atoms with Gasteiger partial charge < -0.3 is 9.80 Å². The van der Waals surface area contributed by atoms with Crippen LogP contribution in [0.5, 0.6) is 0 Å². The molecule has 1 aromatic heterocycles. The van der Waals surface area contributed by atoms with Gasteiger partial charge >= 0.3 is 6.03 Å². The van der Waals surface area contributed by atoms with Gasteiger partial charge in [0.2, 0.25) is 11.8 Å². The quantitative estimate of drug-likeness (QED) is 0.679. The highest BCUT2D eigenvalue weighted by molar-refractivity contribution is 6.06. The van der Waals surface area contributed by atoms with Crippen LogP contribution in [-0.4, -0.2) is 72.4 Å². The molecule has 4 amide bonds. The summed E-state index contributed by atoms with van der Waals surface area (Å²) in [5, 5.41) is 0. The maximum Gasteiger partial charge on any atom is 0.330 e. The standard InChI is InChI=1S/C27H33N5O3/c1-29-23-7-3-2-6-22(23)18-25(33)32(27(29)35)19-20-9-11-21(12-10-20)26(34)31-16-14-30(15-17-31)24-8-4-5-13-28-24/h2-8,13,20-21H,9-12,14-19H2,1H3/t20-,21-. The molecule has 2 fully saturated rings. The summed E-state index contributed by atoms with van der Waals surface area (Å²) in [6.07, 6.45) is 5.39. The predicted octanol–water partition coefficient (Wildman–Crippen LogP) is 3.18. The minimum absolute atomic E-state index is 0.0371. The molecule has 1 saturated carbocycles. The molecule has 1 aliphatic carbocycles. The second-order valence-electron chi connectivity index (χ2n) is 9.87. The predicted molar refractivity (Wildman–Crippen MR) is 134 cm³/mol. The maximum atomic E-state index is 13.2. The lowest BCUT2D eigenvalue weighted by atomic mass is 9.81. The molecule has 0 bridgehead atoms. The molecule has 0 atom stereocenters. The number of urea groups is 1. The lowest BCUT2D eigenvalue weighted by Crippen LogP contribution is -2.51. The van der Waals surface area contributed by atoms with E-state index in [0.29, 0.717) is 6.54 Å². The van der Waals surface area contributed by atoms with Crippen molar-refractivity contribution in [1.29, 1.82) is 0 Å². The fourth-order valence-electron chi connectivity index (χ4n) is 5.62. The number of imide groups is 1. The number of carbonyl (C=O) groups excluding carboxylic acids is 3. The van der Waals surface area contributed by atoms with Gasteiger partial charge in [-0.15, -0.1) is 0 Å². The molecule has 35 heavy (non-hydrogen) atoms. The summed E-state index contributed by atoms with van der Waals surface area (Å²) in [6.45, 7) is 3.47. The first-order valence-corrected chi connectivity index (χ1v) is 12.6. The van der Waals surface area contributed by atoms with Gasteiger partial charge in [-0.1, -0.05) is 24.3 Å². The van der Waals surface area contributed by atoms with Crippen LogP contribution in [0.4, 0.5) is 16.3 Å². The van der Waals surface area contributed by atoms with Crippen molar-refractivity contribution >= 4 is 29.4 Å². The number of benzene rings is 1. The first kappa shape index (κ1) is 23.3. The zero-order chi connectivity index (χ0) is 24.4. The van der Waals surface area contributed by atoms with Gasteiger partial charge in [0.05, 0.1) is 6.42 Å². The minimum Gasteiger partial charge on any atom is -0.353 e. The molecule has 0 spiro atoms. The fraction of sp³-hybridized carbons (Fsp3) is 0.481. The third-order valence-corrected chi connectivity index (χ3v) is 7.71. The van der Waals surface area contributed by atoms with Crippen molar-refractivity contribution in [2.24, 2.45) is 11.8 Å². The van der Waals surface area contributed by atoms with E-state index in [2.05, 4.69) is 9.88 Å². The van der Waals surface area contributed by atoms with Gasteiger partial charge in [0.25, 0.3) is 0 Å². The average molecular weight is 476 g/mol. The number of fused-ring (bicyclic) bond motifs is 1. The summed E-state index contributed by atoms with van der Waals surface area (Å²) in [4.78, 5) is 50.8. The molecule has 1 aromatic carbocycles. The van der Waals surface area contributed by atoms with E-state index >= 15 is 0 Å². The van der Waals surface area contributed by atoms with Crippen LogP contribution in [0.15, 0.2) is 48.7 Å². The van der Waals surface area contributed by atoms with E-state index in [-0.39, 0.29) is 36.1 Å². The second kappa shape index (κ2) is 10.1. The molecule has 8 heteroatoms. The van der Waals surface area contributed by atoms with E-state index in [1.807, 2.05) is 47.4 Å². The van der Waals surface area contributed by atoms with E-state index in [0.717, 1.165) is 68.9 Å². The Bertz CT molecular complexity index is 1080. The Kier molecular flexibility index (Phi) is 6.70. The van der Waals surface area contributed by atoms with E-state index in [1.165, 1.54) is 4.90 Å². The van der Waals surface area contributed by atoms with Crippen LogP contribution in [0, 0.1) is 11.8 Å². The molecule has 0 radical (unpaired) electrons. The number of piperazine rings is 1. The summed E-state index contributed by atoms with van der Waals surface area (Å²) in [5.74, 6) is 1.35. The Morgan fingerprint density at radius 1 is 0.943 bits per heavy atom. The number of para-hydroxylation sites is 1. The van der Waals surface area contributed by atoms with Crippen LogP contribution in [0.2, 0.25) is 0 Å². The Morgan fingerprint density at radius 2 is 1.66 bits per heavy atom. The van der Waals surface area contributed by atoms with Crippen molar-refractivity contribution < 1.29 is 14.4 Å². The molecule has 8 nitrogen and oxygen atoms in total. The number of rotatable bonds is 4. The summed E-state index contributed by atoms with van der Waals surface area (Å²) in [5.41, 5.74) is 1.68. The third-order valence-electron chi connectivity index (χ3n) is 7.71. The van der Waals surface area contributed by atoms with Crippen LogP contribution >= 0.6 is 0 Å². The van der Waals surface area contributed by atoms with Crippen LogP contribution in [0.3, 0.4) is 0 Å². The van der Waals surface area contributed by atoms with Crippen LogP contribution < -0.4 is 9.80 Å². The van der Waals surface area contributed by atoms with Crippen molar-refractivity contribution in [3.63, 3.8) is 0 Å². The monoisotopic (exact) mass is 475 g/mol. The Labute approximate surface area is 206 Å². The molecule has 3 heterocycles. The van der Waals surface area contributed by atoms with Gasteiger partial charge in [-0.3, -0.25) is 19.4 Å². The van der Waals surface area contributed by atoms with Crippen molar-refractivity contribution in [3.8, 4) is 0 Å². The molecule has 184 valence electrons. The second-order valence-corrected chi connectivity index (χ2v) is 9.87. The van der Waals surface area contributed by atoms with Crippen molar-refractivity contribution in [2.75, 3.05) is 49.6 Å². The maximum absolute atomic E-state index is 13.2. The Morgan fingerprint density at radius 3 is 2.37 bits per heavy atom. The van der Waals surface area contributed by atoms with Crippen LogP contribution in [0.1, 0.15) is 31.2 Å². The molecule has 3 aliphatic rings. The molecular formula is C27H33N5O3. The molecule has 0 unspecified atom stereocenters. The van der Waals surface area contributed by atoms with Crippen LogP contribution in [-0.2, 0) is 16.0 Å². The molecular weight excluding hydrogens is 442 g/mol. The molecule has 2 aliphatic heterocycles. The number of hydrogen-bond donors (Lipinski definition) is 0. The SMILES string of the molecule is CN1C(=O)N(C[C@H]2CC[C@H](C(=O)N3CCN(c4ccccn4)CC3)CC2)C(=O)Cc2ccccc21. The smallest absolute Gasteiger partial charge is 0.330 e. The van der Waals surface area contributed by atoms with Gasteiger partial charge in [-0.05, 0) is 55.4 Å². The van der Waals surface area contributed by atoms with Gasteiger partial charge in [0, 0.05) is 57.6 Å². The van der Waals surface area contributed by atoms with E-state index in [9.17, 15) is 14.4 Å². The average Bonchev–Trinajstić information content (AvgIpc) is 2.99. The molecule has 5 rings (SSSR count). The highest BCUT2D eigenvalue weighted by Crippen LogP contribution is 2.33. The summed E-state index contributed by atoms with van der Waals surface area (Å²) in [6, 6.07) is 13.2. The fourth-order valence-corrected chi connectivity index (χ4v) is 5.62. The summed E-state index contributed by atoms with van der Waals surface area (Å²) >= 11 is 0. The van der Waals surface area contributed by atoms with Crippen LogP contribution in [0.25, 0.3) is 0 Å². The zero-order valence-electron chi connectivity index (χ0n) is 20.3. The van der Waals surface area contributed by atoms with Gasteiger partial charge in [0.1, 0.15) is 5.82 Å². The van der Waals surface area contributed by atoms with Gasteiger partial charge in [-0.2, -0.15) is 0 Å². The minimum atomic E-state index is -0.260. The number of carbonyl (C=O) groups is 3. The van der Waals surface area contributed by atoms with E-state index in [1.54, 1.807) is 18.1 Å². The normalized spacial score (nSPS) is 23.2. The van der Waals surface area contributed by atoms with Crippen molar-refractivity contribution in [1.82, 2.24) is 14.8 Å². The van der Waals surface area contributed by atoms with Crippen molar-refractivity contribution in [2.45, 2.75) is 32.1 Å². The van der Waals surface area contributed by atoms with Gasteiger partial charge in [0.15, 0.2) is 0 Å². The largest absolute Gasteiger partial charge is 0.353 e. The molecule has 1 saturated heterocycles. The first-order valence-electron chi connectivity index (χ1n) is 12.6. The zero-order valence-corrected chi connectivity index (χ0v) is 20.3. The number of hydrogen-bond acceptors (Lipinski definition) is 5. The first-order chi connectivity index (χ1) is 17.0. The molecule has 0 N–H and O–H groups in total. The highest BCUT2D eigenvalue weighted by atomic mass is 16.2. The van der Waals surface area contributed by atoms with Crippen molar-refractivity contribution in [3.05, 3.63) is 54.2 Å². The number of aromatic nitrogens is 1. The Hall–Kier alpha value is -3.42. The molecule has 2 aromatic rings. The lowest BCUT2D eigenvalue weighted by molar-refractivity contribution is -0.137. The number of anilines is 2. The van der Waals surface area contributed by atoms with Gasteiger partial charge in [-0.25, -0.2) is 9.78 Å². The number of nitrogens with zero attached hydrogens (tertiary/aromatic N) is 5. The summed E-state index contributed by atoms with van der Waals surface area (Å²) in [7, 11) is 1.73. The lowest BCUT2D eigenvalue weighted by Gasteiger charge is -2.38. The van der Waals surface area contributed by atoms with E-state index in [4.69, 9.17) is 0 Å². The highest BCUT2D eigenvalue weighted by Gasteiger charge is 2.36. The number of pyridine rings is 1. The third kappa shape index (κ3) is 4.88. The summed E-state index contributed by atoms with van der Waals surface area (Å²) < 4.78 is 0. The Balaban J connectivity index is 1.13. The van der Waals surface area contributed by atoms with E-state index < -0.39 is 0 Å². The topological polar surface area (TPSA) is 77.1 Å².